The fourth-order valence-electron chi connectivity index (χ4n) is 0.227. The zero-order valence-corrected chi connectivity index (χ0v) is 4.86. The number of ether oxygens (including phenoxy) is 1. The Labute approximate surface area is 50.8 Å². The monoisotopic (exact) mass is 139 g/mol. The van der Waals surface area contributed by atoms with Crippen molar-refractivity contribution in [1.82, 2.24) is 0 Å². The molecule has 9 heavy (non-hydrogen) atoms. The first-order chi connectivity index (χ1) is 3.98. The van der Waals surface area contributed by atoms with Gasteiger partial charge in [0, 0.05) is 0 Å². The Kier molecular flexibility index (Phi) is 2.51. The third-order valence-electron chi connectivity index (χ3n) is 0.548. The Morgan fingerprint density at radius 3 is 2.33 bits per heavy atom. The smallest absolute Gasteiger partial charge is 0.397 e. The second-order valence-electron chi connectivity index (χ2n) is 1.34. The maximum Gasteiger partial charge on any atom is 0.397 e. The van der Waals surface area contributed by atoms with Crippen molar-refractivity contribution in [3.05, 3.63) is 0 Å². The summed E-state index contributed by atoms with van der Waals surface area (Å²) >= 11 is 0. The van der Waals surface area contributed by atoms with Crippen LogP contribution in [-0.4, -0.2) is 18.6 Å². The molecule has 0 rings (SSSR count). The van der Waals surface area contributed by atoms with Crippen molar-refractivity contribution in [1.29, 1.82) is 0 Å². The van der Waals surface area contributed by atoms with Crippen LogP contribution in [0.25, 0.3) is 0 Å². The highest BCUT2D eigenvalue weighted by Gasteiger charge is 2.34. The predicted octanol–water partition coefficient (Wildman–Crippen LogP) is 0.101. The molecule has 0 aromatic rings. The molecule has 0 heterocycles. The van der Waals surface area contributed by atoms with E-state index in [0.717, 1.165) is 0 Å². The third-order valence-corrected chi connectivity index (χ3v) is 0.548. The Morgan fingerprint density at radius 1 is 1.78 bits per heavy atom. The van der Waals surface area contributed by atoms with Gasteiger partial charge in [-0.15, -0.1) is 0 Å². The summed E-state index contributed by atoms with van der Waals surface area (Å²) < 4.78 is 27.1. The molecule has 5 heteroatoms. The molecule has 0 fully saturated rings. The lowest BCUT2D eigenvalue weighted by molar-refractivity contribution is -0.170. The van der Waals surface area contributed by atoms with E-state index in [0.29, 0.717) is 0 Å². The van der Waals surface area contributed by atoms with Gasteiger partial charge >= 0.3 is 12.0 Å². The Hall–Kier alpha value is -0.710. The van der Waals surface area contributed by atoms with E-state index < -0.39 is 12.0 Å². The SMILES string of the molecule is CCOC(=O)C(N)(F)F. The minimum Gasteiger partial charge on any atom is -0.460 e. The summed E-state index contributed by atoms with van der Waals surface area (Å²) in [6.45, 7) is 1.33. The van der Waals surface area contributed by atoms with E-state index in [1.807, 2.05) is 0 Å². The fraction of sp³-hybridized carbons (Fsp3) is 0.750. The number of alkyl halides is 2. The van der Waals surface area contributed by atoms with Gasteiger partial charge in [0.25, 0.3) is 0 Å². The van der Waals surface area contributed by atoms with Crippen LogP contribution in [0, 0.1) is 0 Å². The van der Waals surface area contributed by atoms with Gasteiger partial charge in [0.05, 0.1) is 6.61 Å². The van der Waals surface area contributed by atoms with Crippen molar-refractivity contribution in [2.45, 2.75) is 13.0 Å². The maximum atomic E-state index is 11.6. The van der Waals surface area contributed by atoms with Gasteiger partial charge in [-0.2, -0.15) is 8.78 Å². The van der Waals surface area contributed by atoms with E-state index in [4.69, 9.17) is 0 Å². The van der Waals surface area contributed by atoms with E-state index in [9.17, 15) is 13.6 Å². The van der Waals surface area contributed by atoms with E-state index in [-0.39, 0.29) is 6.61 Å². The Morgan fingerprint density at radius 2 is 2.22 bits per heavy atom. The zero-order chi connectivity index (χ0) is 7.49. The van der Waals surface area contributed by atoms with E-state index in [1.54, 1.807) is 0 Å². The lowest BCUT2D eigenvalue weighted by Gasteiger charge is -2.06. The average molecular weight is 139 g/mol. The van der Waals surface area contributed by atoms with Gasteiger partial charge in [0.15, 0.2) is 0 Å². The first-order valence-electron chi connectivity index (χ1n) is 2.32. The van der Waals surface area contributed by atoms with Crippen LogP contribution >= 0.6 is 0 Å². The van der Waals surface area contributed by atoms with Gasteiger partial charge in [-0.1, -0.05) is 0 Å². The van der Waals surface area contributed by atoms with Gasteiger partial charge in [-0.25, -0.2) is 4.79 Å². The summed E-state index contributed by atoms with van der Waals surface area (Å²) in [6, 6.07) is -3.85. The van der Waals surface area contributed by atoms with E-state index >= 15 is 0 Å². The van der Waals surface area contributed by atoms with Crippen molar-refractivity contribution in [2.24, 2.45) is 5.73 Å². The van der Waals surface area contributed by atoms with Crippen molar-refractivity contribution in [2.75, 3.05) is 6.61 Å². The Balaban J connectivity index is 3.74. The van der Waals surface area contributed by atoms with Crippen molar-refractivity contribution in [3.8, 4) is 0 Å². The first kappa shape index (κ1) is 8.29. The molecule has 54 valence electrons. The number of hydrogen-bond acceptors (Lipinski definition) is 3. The zero-order valence-electron chi connectivity index (χ0n) is 4.86. The van der Waals surface area contributed by atoms with Crippen LogP contribution in [0.5, 0.6) is 0 Å². The lowest BCUT2D eigenvalue weighted by atomic mass is 10.6. The molecular weight excluding hydrogens is 132 g/mol. The normalized spacial score (nSPS) is 11.1. The standard InChI is InChI=1S/C4H7F2NO2/c1-2-9-3(8)4(5,6)7/h2,7H2,1H3. The van der Waals surface area contributed by atoms with Crippen LogP contribution < -0.4 is 5.73 Å². The van der Waals surface area contributed by atoms with Gasteiger partial charge in [-0.05, 0) is 6.92 Å². The molecule has 3 nitrogen and oxygen atoms in total. The molecule has 0 aliphatic carbocycles. The van der Waals surface area contributed by atoms with Crippen LogP contribution in [0.2, 0.25) is 0 Å². The summed E-state index contributed by atoms with van der Waals surface area (Å²) in [4.78, 5) is 9.97. The summed E-state index contributed by atoms with van der Waals surface area (Å²) in [5, 5.41) is 0. The summed E-state index contributed by atoms with van der Waals surface area (Å²) in [5.41, 5.74) is 4.06. The second kappa shape index (κ2) is 2.72. The highest BCUT2D eigenvalue weighted by atomic mass is 19.3. The molecule has 0 unspecified atom stereocenters. The number of halogens is 2. The molecular formula is C4H7F2NO2. The third kappa shape index (κ3) is 2.97. The molecule has 0 saturated carbocycles. The number of rotatable bonds is 2. The van der Waals surface area contributed by atoms with Crippen molar-refractivity contribution >= 4 is 5.97 Å². The summed E-state index contributed by atoms with van der Waals surface area (Å²) in [7, 11) is 0. The first-order valence-corrected chi connectivity index (χ1v) is 2.32. The molecule has 0 bridgehead atoms. The quantitative estimate of drug-likeness (QED) is 0.436. The molecule has 0 aromatic carbocycles. The molecule has 0 aliphatic rings. The van der Waals surface area contributed by atoms with Gasteiger partial charge in [-0.3, -0.25) is 5.73 Å². The van der Waals surface area contributed by atoms with Crippen molar-refractivity contribution in [3.63, 3.8) is 0 Å². The minimum atomic E-state index is -3.85. The van der Waals surface area contributed by atoms with E-state index in [1.165, 1.54) is 6.92 Å². The highest BCUT2D eigenvalue weighted by Crippen LogP contribution is 2.05. The number of esters is 1. The van der Waals surface area contributed by atoms with Gasteiger partial charge in [0.1, 0.15) is 0 Å². The molecule has 0 amide bonds. The van der Waals surface area contributed by atoms with Gasteiger partial charge in [0.2, 0.25) is 0 Å². The van der Waals surface area contributed by atoms with Crippen LogP contribution in [-0.2, 0) is 9.53 Å². The topological polar surface area (TPSA) is 52.3 Å². The minimum absolute atomic E-state index is 0.0916. The Bertz CT molecular complexity index is 110. The number of carbonyl (C=O) groups excluding carboxylic acids is 1. The highest BCUT2D eigenvalue weighted by molar-refractivity contribution is 5.76. The molecule has 0 radical (unpaired) electrons. The molecule has 0 aromatic heterocycles. The van der Waals surface area contributed by atoms with Crippen LogP contribution in [0.3, 0.4) is 0 Å². The predicted molar refractivity (Wildman–Crippen MR) is 25.8 cm³/mol. The molecule has 0 atom stereocenters. The summed E-state index contributed by atoms with van der Waals surface area (Å²) in [6.07, 6.45) is 0. The molecule has 0 saturated heterocycles. The second-order valence-corrected chi connectivity index (χ2v) is 1.34. The van der Waals surface area contributed by atoms with E-state index in [2.05, 4.69) is 10.5 Å². The number of hydrogen-bond donors (Lipinski definition) is 1. The van der Waals surface area contributed by atoms with Crippen LogP contribution in [0.1, 0.15) is 6.92 Å². The molecule has 0 spiro atoms. The van der Waals surface area contributed by atoms with Crippen molar-refractivity contribution < 1.29 is 18.3 Å². The van der Waals surface area contributed by atoms with Crippen LogP contribution in [0.4, 0.5) is 8.78 Å². The number of carbonyl (C=O) groups is 1. The maximum absolute atomic E-state index is 11.6. The number of nitrogens with two attached hydrogens (primary N) is 1. The molecule has 2 N–H and O–H groups in total. The summed E-state index contributed by atoms with van der Waals surface area (Å²) in [5.74, 6) is -1.69. The lowest BCUT2D eigenvalue weighted by Crippen LogP contribution is -2.39. The fourth-order valence-corrected chi connectivity index (χ4v) is 0.227. The largest absolute Gasteiger partial charge is 0.460 e. The van der Waals surface area contributed by atoms with Crippen LogP contribution in [0.15, 0.2) is 0 Å². The average Bonchev–Trinajstić information content (AvgIpc) is 1.64. The van der Waals surface area contributed by atoms with Gasteiger partial charge < -0.3 is 4.74 Å². The molecule has 0 aliphatic heterocycles.